The van der Waals surface area contributed by atoms with Crippen LogP contribution in [0.4, 0.5) is 4.79 Å². The Labute approximate surface area is 173 Å². The first kappa shape index (κ1) is 21.1. The van der Waals surface area contributed by atoms with Gasteiger partial charge in [0.1, 0.15) is 11.9 Å². The fraction of sp³-hybridized carbons (Fsp3) is 0.158. The Balaban J connectivity index is 0.00000261. The number of benzene rings is 2. The van der Waals surface area contributed by atoms with Crippen LogP contribution in [0.15, 0.2) is 65.0 Å². The van der Waals surface area contributed by atoms with Gasteiger partial charge in [0.2, 0.25) is 0 Å². The second-order valence-electron chi connectivity index (χ2n) is 5.58. The van der Waals surface area contributed by atoms with Crippen molar-refractivity contribution in [1.82, 2.24) is 5.32 Å². The summed E-state index contributed by atoms with van der Waals surface area (Å²) in [5.74, 6) is 0.933. The van der Waals surface area contributed by atoms with Gasteiger partial charge in [-0.3, -0.25) is 4.99 Å². The van der Waals surface area contributed by atoms with Crippen molar-refractivity contribution < 1.29 is 14.3 Å². The minimum atomic E-state index is -0.820. The zero-order valence-electron chi connectivity index (χ0n) is 14.5. The van der Waals surface area contributed by atoms with Gasteiger partial charge in [0.25, 0.3) is 0 Å². The van der Waals surface area contributed by atoms with E-state index >= 15 is 0 Å². The molecule has 1 heterocycles. The van der Waals surface area contributed by atoms with Gasteiger partial charge in [-0.15, -0.1) is 12.4 Å². The Morgan fingerprint density at radius 3 is 2.56 bits per heavy atom. The highest BCUT2D eigenvalue weighted by Gasteiger charge is 2.29. The Kier molecular flexibility index (Phi) is 7.13. The third-order valence-corrected chi connectivity index (χ3v) is 4.42. The summed E-state index contributed by atoms with van der Waals surface area (Å²) in [7, 11) is 1.25. The van der Waals surface area contributed by atoms with Gasteiger partial charge in [-0.1, -0.05) is 53.5 Å². The monoisotopic (exact) mass is 426 g/mol. The van der Waals surface area contributed by atoms with E-state index in [2.05, 4.69) is 10.1 Å². The lowest BCUT2D eigenvalue weighted by Crippen LogP contribution is -2.31. The van der Waals surface area contributed by atoms with E-state index in [1.54, 1.807) is 25.1 Å². The molecule has 0 aliphatic carbocycles. The molecule has 1 N–H and O–H groups in total. The number of nitrogens with one attached hydrogen (secondary N) is 1. The van der Waals surface area contributed by atoms with Crippen LogP contribution in [-0.2, 0) is 9.47 Å². The minimum Gasteiger partial charge on any atom is -0.437 e. The Morgan fingerprint density at radius 1 is 1.15 bits per heavy atom. The number of aliphatic imine (C=N–C) groups is 1. The first-order valence-electron chi connectivity index (χ1n) is 7.81. The number of hydrogen-bond donors (Lipinski definition) is 1. The van der Waals surface area contributed by atoms with Crippen LogP contribution in [0.1, 0.15) is 24.1 Å². The number of amidine groups is 1. The lowest BCUT2D eigenvalue weighted by Gasteiger charge is -2.26. The molecule has 0 saturated carbocycles. The average molecular weight is 428 g/mol. The van der Waals surface area contributed by atoms with Gasteiger partial charge in [-0.2, -0.15) is 0 Å². The molecular weight excluding hydrogens is 411 g/mol. The van der Waals surface area contributed by atoms with Crippen molar-refractivity contribution in [3.8, 4) is 0 Å². The van der Waals surface area contributed by atoms with E-state index in [-0.39, 0.29) is 12.4 Å². The van der Waals surface area contributed by atoms with Crippen LogP contribution in [-0.4, -0.2) is 19.1 Å². The van der Waals surface area contributed by atoms with E-state index in [0.29, 0.717) is 32.9 Å². The third-order valence-electron chi connectivity index (χ3n) is 3.84. The van der Waals surface area contributed by atoms with E-state index in [4.69, 9.17) is 32.9 Å². The van der Waals surface area contributed by atoms with E-state index < -0.39 is 12.2 Å². The number of carbonyl (C=O) groups excluding carboxylic acids is 1. The second-order valence-corrected chi connectivity index (χ2v) is 6.43. The van der Waals surface area contributed by atoms with Gasteiger partial charge < -0.3 is 14.8 Å². The zero-order valence-corrected chi connectivity index (χ0v) is 16.9. The van der Waals surface area contributed by atoms with Crippen molar-refractivity contribution >= 4 is 47.6 Å². The number of rotatable bonds is 3. The first-order valence-corrected chi connectivity index (χ1v) is 8.57. The molecule has 1 aliphatic rings. The predicted molar refractivity (Wildman–Crippen MR) is 109 cm³/mol. The number of ether oxygens (including phenoxy) is 2. The maximum Gasteiger partial charge on any atom is 0.513 e. The fourth-order valence-electron chi connectivity index (χ4n) is 2.62. The van der Waals surface area contributed by atoms with Gasteiger partial charge >= 0.3 is 6.16 Å². The quantitative estimate of drug-likeness (QED) is 0.655. The van der Waals surface area contributed by atoms with Crippen molar-refractivity contribution in [2.75, 3.05) is 7.11 Å². The second kappa shape index (κ2) is 9.13. The highest BCUT2D eigenvalue weighted by molar-refractivity contribution is 6.31. The maximum absolute atomic E-state index is 11.7. The van der Waals surface area contributed by atoms with Crippen LogP contribution < -0.4 is 5.32 Å². The molecule has 0 aromatic heterocycles. The molecule has 8 heteroatoms. The SMILES string of the molecule is COC(=O)OC1=C(C)NC(c2cccc(Cl)c2)=NC1c1ccccc1Cl.Cl. The average Bonchev–Trinajstić information content (AvgIpc) is 2.63. The number of halogens is 3. The molecule has 0 fully saturated rings. The molecular formula is C19H17Cl3N2O3. The summed E-state index contributed by atoms with van der Waals surface area (Å²) in [5, 5.41) is 4.27. The molecule has 5 nitrogen and oxygen atoms in total. The summed E-state index contributed by atoms with van der Waals surface area (Å²) >= 11 is 12.4. The van der Waals surface area contributed by atoms with Crippen molar-refractivity contribution in [2.24, 2.45) is 4.99 Å². The minimum absolute atomic E-state index is 0. The largest absolute Gasteiger partial charge is 0.513 e. The summed E-state index contributed by atoms with van der Waals surface area (Å²) in [6.07, 6.45) is -0.820. The molecule has 142 valence electrons. The van der Waals surface area contributed by atoms with Gasteiger partial charge in [0.15, 0.2) is 5.76 Å². The number of nitrogens with zero attached hydrogens (tertiary/aromatic N) is 1. The molecule has 1 aliphatic heterocycles. The summed E-state index contributed by atoms with van der Waals surface area (Å²) in [4.78, 5) is 16.4. The predicted octanol–water partition coefficient (Wildman–Crippen LogP) is 5.52. The third kappa shape index (κ3) is 4.75. The molecule has 2 aromatic carbocycles. The summed E-state index contributed by atoms with van der Waals surface area (Å²) in [6, 6.07) is 14.0. The number of carbonyl (C=O) groups is 1. The molecule has 0 amide bonds. The molecule has 0 saturated heterocycles. The zero-order chi connectivity index (χ0) is 18.7. The van der Waals surface area contributed by atoms with Gasteiger partial charge in [0.05, 0.1) is 12.8 Å². The summed E-state index contributed by atoms with van der Waals surface area (Å²) < 4.78 is 9.97. The van der Waals surface area contributed by atoms with Crippen molar-refractivity contribution in [2.45, 2.75) is 13.0 Å². The Morgan fingerprint density at radius 2 is 1.89 bits per heavy atom. The summed E-state index contributed by atoms with van der Waals surface area (Å²) in [6.45, 7) is 1.79. The van der Waals surface area contributed by atoms with Gasteiger partial charge in [-0.25, -0.2) is 4.79 Å². The number of methoxy groups -OCH3 is 1. The molecule has 1 unspecified atom stereocenters. The Bertz CT molecular complexity index is 913. The van der Waals surface area contributed by atoms with E-state index in [1.165, 1.54) is 7.11 Å². The fourth-order valence-corrected chi connectivity index (χ4v) is 3.05. The first-order chi connectivity index (χ1) is 12.5. The highest BCUT2D eigenvalue weighted by Crippen LogP contribution is 2.36. The van der Waals surface area contributed by atoms with E-state index in [1.807, 2.05) is 30.3 Å². The molecule has 2 aromatic rings. The maximum atomic E-state index is 11.7. The smallest absolute Gasteiger partial charge is 0.437 e. The van der Waals surface area contributed by atoms with E-state index in [0.717, 1.165) is 5.56 Å². The standard InChI is InChI=1S/C19H16Cl2N2O3.ClH/c1-11-17(26-19(24)25-2)16(14-8-3-4-9-15(14)21)23-18(22-11)12-6-5-7-13(20)10-12;/h3-10,16H,1-2H3,(H,22,23);1H. The molecule has 1 atom stereocenters. The molecule has 27 heavy (non-hydrogen) atoms. The van der Waals surface area contributed by atoms with Crippen LogP contribution in [0.5, 0.6) is 0 Å². The van der Waals surface area contributed by atoms with Crippen LogP contribution in [0.25, 0.3) is 0 Å². The van der Waals surface area contributed by atoms with Crippen LogP contribution >= 0.6 is 35.6 Å². The Hall–Kier alpha value is -2.21. The summed E-state index contributed by atoms with van der Waals surface area (Å²) in [5.41, 5.74) is 2.16. The molecule has 3 rings (SSSR count). The van der Waals surface area contributed by atoms with Crippen molar-refractivity contribution in [1.29, 1.82) is 0 Å². The number of allylic oxidation sites excluding steroid dienone is 1. The molecule has 0 bridgehead atoms. The molecule has 0 radical (unpaired) electrons. The van der Waals surface area contributed by atoms with Gasteiger partial charge in [-0.05, 0) is 25.1 Å². The van der Waals surface area contributed by atoms with E-state index in [9.17, 15) is 4.79 Å². The highest BCUT2D eigenvalue weighted by atomic mass is 35.5. The lowest BCUT2D eigenvalue weighted by atomic mass is 10.0. The number of hydrogen-bond acceptors (Lipinski definition) is 5. The van der Waals surface area contributed by atoms with Crippen molar-refractivity contribution in [3.63, 3.8) is 0 Å². The topological polar surface area (TPSA) is 59.9 Å². The van der Waals surface area contributed by atoms with Crippen molar-refractivity contribution in [3.05, 3.63) is 81.2 Å². The molecule has 0 spiro atoms. The van der Waals surface area contributed by atoms with Crippen LogP contribution in [0, 0.1) is 0 Å². The normalized spacial score (nSPS) is 16.0. The lowest BCUT2D eigenvalue weighted by molar-refractivity contribution is 0.0913. The van der Waals surface area contributed by atoms with Crippen LogP contribution in [0.2, 0.25) is 10.0 Å². The van der Waals surface area contributed by atoms with Crippen LogP contribution in [0.3, 0.4) is 0 Å². The van der Waals surface area contributed by atoms with Gasteiger partial charge in [0, 0.05) is 21.2 Å².